The fourth-order valence-corrected chi connectivity index (χ4v) is 1.91. The summed E-state index contributed by atoms with van der Waals surface area (Å²) in [5, 5.41) is 11.7. The predicted octanol–water partition coefficient (Wildman–Crippen LogP) is 4.49. The molecule has 0 aliphatic rings. The molecule has 3 nitrogen and oxygen atoms in total. The second-order valence-electron chi connectivity index (χ2n) is 6.01. The number of anilines is 1. The summed E-state index contributed by atoms with van der Waals surface area (Å²) in [6, 6.07) is 3.88. The lowest BCUT2D eigenvalue weighted by atomic mass is 9.86. The van der Waals surface area contributed by atoms with E-state index < -0.39 is 0 Å². The first-order valence-electron chi connectivity index (χ1n) is 7.25. The zero-order valence-electron chi connectivity index (χ0n) is 12.7. The molecule has 0 saturated heterocycles. The monoisotopic (exact) mass is 261 g/mol. The lowest BCUT2D eigenvalue weighted by Crippen LogP contribution is -2.22. The number of hydrogen-bond acceptors (Lipinski definition) is 3. The van der Waals surface area contributed by atoms with Crippen molar-refractivity contribution >= 4 is 11.5 Å². The summed E-state index contributed by atoms with van der Waals surface area (Å²) in [5.41, 5.74) is 1.41. The van der Waals surface area contributed by atoms with Crippen LogP contribution in [-0.2, 0) is 0 Å². The third-order valence-corrected chi connectivity index (χ3v) is 3.15. The minimum Gasteiger partial charge on any atom is -0.370 e. The first-order valence-corrected chi connectivity index (χ1v) is 7.25. The maximum Gasteiger partial charge on any atom is 0.135 e. The molecule has 0 bridgehead atoms. The first-order chi connectivity index (χ1) is 8.96. The lowest BCUT2D eigenvalue weighted by Gasteiger charge is -2.22. The van der Waals surface area contributed by atoms with Crippen LogP contribution in [-0.4, -0.2) is 17.2 Å². The lowest BCUT2D eigenvalue weighted by molar-refractivity contribution is 0.588. The Morgan fingerprint density at radius 3 is 2.63 bits per heavy atom. The van der Waals surface area contributed by atoms with Crippen molar-refractivity contribution in [3.8, 4) is 0 Å². The molecule has 19 heavy (non-hydrogen) atoms. The van der Waals surface area contributed by atoms with Gasteiger partial charge in [-0.05, 0) is 18.6 Å². The quantitative estimate of drug-likeness (QED) is 0.561. The number of hydrogen-bond donors (Lipinski definition) is 2. The Hall–Kier alpha value is -1.38. The van der Waals surface area contributed by atoms with Crippen LogP contribution in [0.15, 0.2) is 18.3 Å². The minimum atomic E-state index is -0.151. The van der Waals surface area contributed by atoms with Crippen molar-refractivity contribution < 1.29 is 0 Å². The summed E-state index contributed by atoms with van der Waals surface area (Å²) in [5.74, 6) is 0.846. The highest BCUT2D eigenvalue weighted by Crippen LogP contribution is 2.24. The van der Waals surface area contributed by atoms with Gasteiger partial charge in [-0.1, -0.05) is 47.0 Å². The molecule has 1 heterocycles. The molecule has 0 aliphatic heterocycles. The third-order valence-electron chi connectivity index (χ3n) is 3.15. The molecule has 0 radical (unpaired) electrons. The molecule has 0 saturated carbocycles. The van der Waals surface area contributed by atoms with Crippen molar-refractivity contribution in [3.63, 3.8) is 0 Å². The molecular formula is C16H27N3. The number of nitrogens with one attached hydrogen (secondary N) is 2. The van der Waals surface area contributed by atoms with Crippen LogP contribution in [0.3, 0.4) is 0 Å². The van der Waals surface area contributed by atoms with E-state index in [-0.39, 0.29) is 5.41 Å². The van der Waals surface area contributed by atoms with Crippen LogP contribution >= 0.6 is 0 Å². The first kappa shape index (κ1) is 15.7. The van der Waals surface area contributed by atoms with E-state index in [4.69, 9.17) is 5.41 Å². The highest BCUT2D eigenvalue weighted by molar-refractivity contribution is 6.05. The summed E-state index contributed by atoms with van der Waals surface area (Å²) >= 11 is 0. The van der Waals surface area contributed by atoms with E-state index in [0.717, 1.165) is 24.3 Å². The van der Waals surface area contributed by atoms with Gasteiger partial charge >= 0.3 is 0 Å². The summed E-state index contributed by atoms with van der Waals surface area (Å²) < 4.78 is 0. The van der Waals surface area contributed by atoms with E-state index in [0.29, 0.717) is 5.71 Å². The SMILES string of the molecule is CCCCCCNc1ncccc1C(=N)C(C)(C)C. The average Bonchev–Trinajstić information content (AvgIpc) is 2.37. The minimum absolute atomic E-state index is 0.151. The summed E-state index contributed by atoms with van der Waals surface area (Å²) in [6.45, 7) is 9.34. The smallest absolute Gasteiger partial charge is 0.135 e. The molecule has 106 valence electrons. The van der Waals surface area contributed by atoms with Gasteiger partial charge in [-0.15, -0.1) is 0 Å². The zero-order valence-corrected chi connectivity index (χ0v) is 12.7. The van der Waals surface area contributed by atoms with Gasteiger partial charge in [0.2, 0.25) is 0 Å². The van der Waals surface area contributed by atoms with Crippen LogP contribution in [0.1, 0.15) is 58.9 Å². The largest absolute Gasteiger partial charge is 0.370 e. The van der Waals surface area contributed by atoms with E-state index in [2.05, 4.69) is 38.0 Å². The van der Waals surface area contributed by atoms with Crippen molar-refractivity contribution in [2.24, 2.45) is 5.41 Å². The van der Waals surface area contributed by atoms with Gasteiger partial charge in [-0.25, -0.2) is 4.98 Å². The highest BCUT2D eigenvalue weighted by atomic mass is 15.0. The molecule has 1 rings (SSSR count). The van der Waals surface area contributed by atoms with Crippen molar-refractivity contribution in [1.29, 1.82) is 5.41 Å². The number of rotatable bonds is 7. The highest BCUT2D eigenvalue weighted by Gasteiger charge is 2.21. The van der Waals surface area contributed by atoms with Crippen LogP contribution < -0.4 is 5.32 Å². The topological polar surface area (TPSA) is 48.8 Å². The molecule has 0 spiro atoms. The Balaban J connectivity index is 2.66. The Bertz CT molecular complexity index is 405. The Kier molecular flexibility index (Phi) is 6.00. The van der Waals surface area contributed by atoms with Gasteiger partial charge < -0.3 is 10.7 Å². The van der Waals surface area contributed by atoms with Crippen LogP contribution in [0.2, 0.25) is 0 Å². The number of aromatic nitrogens is 1. The number of nitrogens with zero attached hydrogens (tertiary/aromatic N) is 1. The molecule has 0 amide bonds. The van der Waals surface area contributed by atoms with Crippen molar-refractivity contribution in [2.45, 2.75) is 53.4 Å². The van der Waals surface area contributed by atoms with Gasteiger partial charge in [-0.3, -0.25) is 0 Å². The van der Waals surface area contributed by atoms with Gasteiger partial charge in [0.1, 0.15) is 5.82 Å². The Morgan fingerprint density at radius 1 is 1.26 bits per heavy atom. The molecule has 0 atom stereocenters. The average molecular weight is 261 g/mol. The maximum absolute atomic E-state index is 8.29. The fraction of sp³-hybridized carbons (Fsp3) is 0.625. The van der Waals surface area contributed by atoms with E-state index in [1.165, 1.54) is 19.3 Å². The second-order valence-corrected chi connectivity index (χ2v) is 6.01. The van der Waals surface area contributed by atoms with Gasteiger partial charge in [0, 0.05) is 29.4 Å². The summed E-state index contributed by atoms with van der Waals surface area (Å²) in [7, 11) is 0. The molecule has 0 aliphatic carbocycles. The second kappa shape index (κ2) is 7.27. The molecule has 3 heteroatoms. The van der Waals surface area contributed by atoms with Crippen molar-refractivity contribution in [1.82, 2.24) is 4.98 Å². The predicted molar refractivity (Wildman–Crippen MR) is 83.2 cm³/mol. The molecule has 0 fully saturated rings. The van der Waals surface area contributed by atoms with Crippen LogP contribution in [0, 0.1) is 10.8 Å². The van der Waals surface area contributed by atoms with Crippen molar-refractivity contribution in [2.75, 3.05) is 11.9 Å². The molecule has 1 aromatic heterocycles. The van der Waals surface area contributed by atoms with Crippen LogP contribution in [0.4, 0.5) is 5.82 Å². The van der Waals surface area contributed by atoms with Gasteiger partial charge in [0.05, 0.1) is 0 Å². The van der Waals surface area contributed by atoms with Crippen molar-refractivity contribution in [3.05, 3.63) is 23.9 Å². The van der Waals surface area contributed by atoms with Gasteiger partial charge in [0.15, 0.2) is 0 Å². The molecular weight excluding hydrogens is 234 g/mol. The third kappa shape index (κ3) is 5.01. The summed E-state index contributed by atoms with van der Waals surface area (Å²) in [4.78, 5) is 4.38. The molecule has 0 aromatic carbocycles. The van der Waals surface area contributed by atoms with E-state index in [9.17, 15) is 0 Å². The molecule has 1 aromatic rings. The molecule has 0 unspecified atom stereocenters. The standard InChI is InChI=1S/C16H27N3/c1-5-6-7-8-11-18-15-13(10-9-12-19-15)14(17)16(2,3)4/h9-10,12,17H,5-8,11H2,1-4H3,(H,18,19). The van der Waals surface area contributed by atoms with Crippen LogP contribution in [0.5, 0.6) is 0 Å². The fourth-order valence-electron chi connectivity index (χ4n) is 1.91. The Labute approximate surface area is 117 Å². The number of unbranched alkanes of at least 4 members (excludes halogenated alkanes) is 3. The van der Waals surface area contributed by atoms with Gasteiger partial charge in [0.25, 0.3) is 0 Å². The summed E-state index contributed by atoms with van der Waals surface area (Å²) in [6.07, 6.45) is 6.74. The molecule has 2 N–H and O–H groups in total. The Morgan fingerprint density at radius 2 is 2.00 bits per heavy atom. The van der Waals surface area contributed by atoms with Crippen LogP contribution in [0.25, 0.3) is 0 Å². The zero-order chi connectivity index (χ0) is 14.3. The maximum atomic E-state index is 8.29. The van der Waals surface area contributed by atoms with E-state index in [1.807, 2.05) is 12.1 Å². The van der Waals surface area contributed by atoms with Gasteiger partial charge in [-0.2, -0.15) is 0 Å². The van der Waals surface area contributed by atoms with E-state index >= 15 is 0 Å². The number of pyridine rings is 1. The normalized spacial score (nSPS) is 11.4. The van der Waals surface area contributed by atoms with E-state index in [1.54, 1.807) is 6.20 Å².